The fraction of sp³-hybridized carbons (Fsp3) is 0.462. The standard InChI is InChI=1S/C13H18FN3O/c1-16-8-7-15-11(9-16)13(18)17(2)12-6-4-3-5-10(12)14/h3-6,11,15H,7-9H2,1-2H3. The summed E-state index contributed by atoms with van der Waals surface area (Å²) in [6, 6.07) is 6.04. The summed E-state index contributed by atoms with van der Waals surface area (Å²) in [6.07, 6.45) is 0. The number of rotatable bonds is 2. The number of para-hydroxylation sites is 1. The van der Waals surface area contributed by atoms with Gasteiger partial charge < -0.3 is 15.1 Å². The molecule has 98 valence electrons. The number of nitrogens with zero attached hydrogens (tertiary/aromatic N) is 2. The van der Waals surface area contributed by atoms with Crippen LogP contribution in [0.25, 0.3) is 0 Å². The topological polar surface area (TPSA) is 35.6 Å². The van der Waals surface area contributed by atoms with Crippen LogP contribution >= 0.6 is 0 Å². The highest BCUT2D eigenvalue weighted by Crippen LogP contribution is 2.18. The van der Waals surface area contributed by atoms with Crippen LogP contribution in [0.1, 0.15) is 0 Å². The van der Waals surface area contributed by atoms with Crippen LogP contribution in [-0.4, -0.2) is 50.6 Å². The molecule has 0 aromatic heterocycles. The largest absolute Gasteiger partial charge is 0.311 e. The number of amides is 1. The molecule has 18 heavy (non-hydrogen) atoms. The Balaban J connectivity index is 2.11. The maximum Gasteiger partial charge on any atom is 0.245 e. The van der Waals surface area contributed by atoms with Crippen LogP contribution in [0.3, 0.4) is 0 Å². The molecule has 4 nitrogen and oxygen atoms in total. The highest BCUT2D eigenvalue weighted by molar-refractivity contribution is 5.97. The summed E-state index contributed by atoms with van der Waals surface area (Å²) in [5, 5.41) is 3.16. The van der Waals surface area contributed by atoms with E-state index in [1.165, 1.54) is 11.0 Å². The number of carbonyl (C=O) groups is 1. The minimum Gasteiger partial charge on any atom is -0.311 e. The van der Waals surface area contributed by atoms with Crippen molar-refractivity contribution in [2.45, 2.75) is 6.04 Å². The molecule has 1 N–H and O–H groups in total. The van der Waals surface area contributed by atoms with Gasteiger partial charge in [0.1, 0.15) is 11.9 Å². The fourth-order valence-corrected chi connectivity index (χ4v) is 2.14. The Labute approximate surface area is 106 Å². The first-order chi connectivity index (χ1) is 8.59. The van der Waals surface area contributed by atoms with E-state index in [1.807, 2.05) is 7.05 Å². The summed E-state index contributed by atoms with van der Waals surface area (Å²) in [6.45, 7) is 2.35. The Bertz CT molecular complexity index is 438. The summed E-state index contributed by atoms with van der Waals surface area (Å²) in [5.41, 5.74) is 0.317. The van der Waals surface area contributed by atoms with Gasteiger partial charge in [0.2, 0.25) is 5.91 Å². The predicted octanol–water partition coefficient (Wildman–Crippen LogP) is 0.692. The van der Waals surface area contributed by atoms with Crippen LogP contribution in [0, 0.1) is 5.82 Å². The maximum absolute atomic E-state index is 13.6. The van der Waals surface area contributed by atoms with Gasteiger partial charge in [0.25, 0.3) is 0 Å². The molecule has 0 spiro atoms. The van der Waals surface area contributed by atoms with Crippen molar-refractivity contribution in [3.8, 4) is 0 Å². The normalized spacial score (nSPS) is 20.7. The Morgan fingerprint density at radius 3 is 2.89 bits per heavy atom. The van der Waals surface area contributed by atoms with Crippen molar-refractivity contribution < 1.29 is 9.18 Å². The Morgan fingerprint density at radius 1 is 1.50 bits per heavy atom. The number of halogens is 1. The van der Waals surface area contributed by atoms with Crippen LogP contribution in [-0.2, 0) is 4.79 Å². The molecule has 1 heterocycles. The lowest BCUT2D eigenvalue weighted by atomic mass is 10.1. The molecular formula is C13H18FN3O. The first-order valence-corrected chi connectivity index (χ1v) is 6.03. The van der Waals surface area contributed by atoms with Crippen LogP contribution in [0.5, 0.6) is 0 Å². The van der Waals surface area contributed by atoms with E-state index in [1.54, 1.807) is 25.2 Å². The molecule has 0 saturated carbocycles. The van der Waals surface area contributed by atoms with Gasteiger partial charge in [0.15, 0.2) is 0 Å². The molecule has 2 rings (SSSR count). The number of carbonyl (C=O) groups excluding carboxylic acids is 1. The highest BCUT2D eigenvalue weighted by Gasteiger charge is 2.27. The molecule has 1 aromatic carbocycles. The number of likely N-dealkylation sites (N-methyl/N-ethyl adjacent to an activating group) is 2. The second-order valence-electron chi connectivity index (χ2n) is 4.62. The number of nitrogens with one attached hydrogen (secondary N) is 1. The highest BCUT2D eigenvalue weighted by atomic mass is 19.1. The van der Waals surface area contributed by atoms with Gasteiger partial charge >= 0.3 is 0 Å². The van der Waals surface area contributed by atoms with E-state index < -0.39 is 0 Å². The van der Waals surface area contributed by atoms with Gasteiger partial charge in [0, 0.05) is 26.7 Å². The molecule has 0 bridgehead atoms. The van der Waals surface area contributed by atoms with Crippen LogP contribution < -0.4 is 10.2 Å². The van der Waals surface area contributed by atoms with E-state index in [9.17, 15) is 9.18 Å². The van der Waals surface area contributed by atoms with Gasteiger partial charge in [-0.05, 0) is 19.2 Å². The number of piperazine rings is 1. The summed E-state index contributed by atoms with van der Waals surface area (Å²) in [7, 11) is 3.58. The average Bonchev–Trinajstić information content (AvgIpc) is 2.37. The predicted molar refractivity (Wildman–Crippen MR) is 69.1 cm³/mol. The van der Waals surface area contributed by atoms with E-state index in [0.717, 1.165) is 13.1 Å². The van der Waals surface area contributed by atoms with E-state index in [4.69, 9.17) is 0 Å². The molecule has 0 aliphatic carbocycles. The molecule has 1 aliphatic heterocycles. The third kappa shape index (κ3) is 2.68. The smallest absolute Gasteiger partial charge is 0.245 e. The van der Waals surface area contributed by atoms with Gasteiger partial charge in [0.05, 0.1) is 5.69 Å². The van der Waals surface area contributed by atoms with Crippen LogP contribution in [0.2, 0.25) is 0 Å². The first kappa shape index (κ1) is 13.0. The number of hydrogen-bond donors (Lipinski definition) is 1. The second-order valence-corrected chi connectivity index (χ2v) is 4.62. The van der Waals surface area contributed by atoms with Gasteiger partial charge in [-0.3, -0.25) is 4.79 Å². The lowest BCUT2D eigenvalue weighted by molar-refractivity contribution is -0.121. The fourth-order valence-electron chi connectivity index (χ4n) is 2.14. The van der Waals surface area contributed by atoms with Gasteiger partial charge in [-0.1, -0.05) is 12.1 Å². The molecule has 1 atom stereocenters. The zero-order chi connectivity index (χ0) is 13.1. The lowest BCUT2D eigenvalue weighted by Crippen LogP contribution is -2.56. The van der Waals surface area contributed by atoms with Crippen molar-refractivity contribution in [3.63, 3.8) is 0 Å². The van der Waals surface area contributed by atoms with Gasteiger partial charge in [-0.25, -0.2) is 4.39 Å². The Morgan fingerprint density at radius 2 is 2.22 bits per heavy atom. The summed E-state index contributed by atoms with van der Waals surface area (Å²) < 4.78 is 13.6. The van der Waals surface area contributed by atoms with E-state index in [0.29, 0.717) is 12.2 Å². The van der Waals surface area contributed by atoms with Crippen LogP contribution in [0.15, 0.2) is 24.3 Å². The zero-order valence-corrected chi connectivity index (χ0v) is 10.7. The SMILES string of the molecule is CN1CCNC(C(=O)N(C)c2ccccc2F)C1. The lowest BCUT2D eigenvalue weighted by Gasteiger charge is -2.32. The summed E-state index contributed by atoms with van der Waals surface area (Å²) >= 11 is 0. The van der Waals surface area contributed by atoms with E-state index >= 15 is 0 Å². The third-order valence-corrected chi connectivity index (χ3v) is 3.22. The third-order valence-electron chi connectivity index (χ3n) is 3.22. The zero-order valence-electron chi connectivity index (χ0n) is 10.7. The van der Waals surface area contributed by atoms with Crippen molar-refractivity contribution in [2.24, 2.45) is 0 Å². The Kier molecular flexibility index (Phi) is 3.93. The molecule has 1 aromatic rings. The quantitative estimate of drug-likeness (QED) is 0.840. The molecule has 1 amide bonds. The van der Waals surface area contributed by atoms with Gasteiger partial charge in [-0.2, -0.15) is 0 Å². The van der Waals surface area contributed by atoms with Gasteiger partial charge in [-0.15, -0.1) is 0 Å². The summed E-state index contributed by atoms with van der Waals surface area (Å²) in [4.78, 5) is 15.7. The molecule has 5 heteroatoms. The first-order valence-electron chi connectivity index (χ1n) is 6.03. The van der Waals surface area contributed by atoms with Crippen LogP contribution in [0.4, 0.5) is 10.1 Å². The summed E-state index contributed by atoms with van der Waals surface area (Å²) in [5.74, 6) is -0.482. The minimum atomic E-state index is -0.377. The molecule has 1 unspecified atom stereocenters. The molecule has 1 fully saturated rings. The number of hydrogen-bond acceptors (Lipinski definition) is 3. The molecular weight excluding hydrogens is 233 g/mol. The molecule has 1 aliphatic rings. The van der Waals surface area contributed by atoms with Crippen molar-refractivity contribution in [3.05, 3.63) is 30.1 Å². The van der Waals surface area contributed by atoms with Crippen molar-refractivity contribution in [2.75, 3.05) is 38.6 Å². The monoisotopic (exact) mass is 251 g/mol. The average molecular weight is 251 g/mol. The van der Waals surface area contributed by atoms with Crippen molar-refractivity contribution in [1.29, 1.82) is 0 Å². The molecule has 1 saturated heterocycles. The minimum absolute atomic E-state index is 0.105. The number of anilines is 1. The second kappa shape index (κ2) is 5.46. The van der Waals surface area contributed by atoms with Crippen molar-refractivity contribution >= 4 is 11.6 Å². The maximum atomic E-state index is 13.6. The van der Waals surface area contributed by atoms with E-state index in [2.05, 4.69) is 10.2 Å². The molecule has 0 radical (unpaired) electrons. The van der Waals surface area contributed by atoms with Crippen molar-refractivity contribution in [1.82, 2.24) is 10.2 Å². The van der Waals surface area contributed by atoms with E-state index in [-0.39, 0.29) is 17.8 Å². The Hall–Kier alpha value is -1.46. The number of benzene rings is 1.